The van der Waals surface area contributed by atoms with Crippen molar-refractivity contribution in [3.63, 3.8) is 0 Å². The average molecular weight is 209 g/mol. The first-order valence-corrected chi connectivity index (χ1v) is 5.13. The van der Waals surface area contributed by atoms with E-state index in [4.69, 9.17) is 11.3 Å². The van der Waals surface area contributed by atoms with E-state index >= 15 is 0 Å². The summed E-state index contributed by atoms with van der Waals surface area (Å²) in [6.07, 6.45) is 1.59. The van der Waals surface area contributed by atoms with E-state index < -0.39 is 0 Å². The molecule has 0 spiro atoms. The highest BCUT2D eigenvalue weighted by molar-refractivity contribution is 5.66. The number of methoxy groups -OCH3 is 1. The highest BCUT2D eigenvalue weighted by Gasteiger charge is 1.98. The molecule has 0 bridgehead atoms. The summed E-state index contributed by atoms with van der Waals surface area (Å²) in [5, 5.41) is 0. The first-order chi connectivity index (χ1) is 7.83. The van der Waals surface area contributed by atoms with E-state index in [1.54, 1.807) is 13.2 Å². The number of hydrogen-bond acceptors (Lipinski definition) is 1. The summed E-state index contributed by atoms with van der Waals surface area (Å²) in [7, 11) is 1.67. The predicted octanol–water partition coefficient (Wildman–Crippen LogP) is 3.81. The maximum Gasteiger partial charge on any atom is 0.119 e. The summed E-state index contributed by atoms with van der Waals surface area (Å²) >= 11 is 0. The van der Waals surface area contributed by atoms with E-state index in [1.807, 2.05) is 42.5 Å². The first-order valence-electron chi connectivity index (χ1n) is 5.13. The minimum Gasteiger partial charge on any atom is -0.497 e. The van der Waals surface area contributed by atoms with E-state index in [0.29, 0.717) is 0 Å². The van der Waals surface area contributed by atoms with Crippen molar-refractivity contribution < 1.29 is 4.74 Å². The van der Waals surface area contributed by atoms with Gasteiger partial charge in [-0.2, -0.15) is 0 Å². The third-order valence-electron chi connectivity index (χ3n) is 2.51. The standard InChI is InChI=1S/C15H13O/c1-3-12-7-9-13(10-8-12)14-5-4-6-15(11-14)16-2/h1,3-11H,2H3. The van der Waals surface area contributed by atoms with Gasteiger partial charge in [0.25, 0.3) is 0 Å². The Bertz CT molecular complexity index is 483. The molecule has 2 rings (SSSR count). The smallest absolute Gasteiger partial charge is 0.119 e. The molecule has 2 aromatic carbocycles. The van der Waals surface area contributed by atoms with E-state index in [0.717, 1.165) is 22.4 Å². The van der Waals surface area contributed by atoms with Crippen LogP contribution in [0.1, 0.15) is 5.56 Å². The van der Waals surface area contributed by atoms with E-state index in [-0.39, 0.29) is 0 Å². The molecular weight excluding hydrogens is 196 g/mol. The second-order valence-corrected chi connectivity index (χ2v) is 3.52. The van der Waals surface area contributed by atoms with Crippen LogP contribution < -0.4 is 4.74 Å². The maximum absolute atomic E-state index is 5.44. The zero-order valence-corrected chi connectivity index (χ0v) is 9.18. The third kappa shape index (κ3) is 2.14. The monoisotopic (exact) mass is 209 g/mol. The molecule has 0 fully saturated rings. The van der Waals surface area contributed by atoms with Crippen LogP contribution in [-0.4, -0.2) is 7.11 Å². The largest absolute Gasteiger partial charge is 0.497 e. The Kier molecular flexibility index (Phi) is 3.06. The van der Waals surface area contributed by atoms with Crippen LogP contribution in [0.5, 0.6) is 5.75 Å². The van der Waals surface area contributed by atoms with Gasteiger partial charge in [0.1, 0.15) is 5.75 Å². The fourth-order valence-electron chi connectivity index (χ4n) is 1.59. The van der Waals surface area contributed by atoms with Gasteiger partial charge in [0.05, 0.1) is 7.11 Å². The van der Waals surface area contributed by atoms with Gasteiger partial charge in [0.2, 0.25) is 0 Å². The van der Waals surface area contributed by atoms with Crippen molar-refractivity contribution in [2.24, 2.45) is 0 Å². The van der Waals surface area contributed by atoms with Crippen molar-refractivity contribution in [1.29, 1.82) is 0 Å². The van der Waals surface area contributed by atoms with Crippen molar-refractivity contribution in [2.75, 3.05) is 7.11 Å². The Morgan fingerprint density at radius 3 is 2.38 bits per heavy atom. The van der Waals surface area contributed by atoms with Crippen LogP contribution in [0.25, 0.3) is 17.2 Å². The molecule has 0 heterocycles. The molecular formula is C15H13O. The molecule has 0 amide bonds. The van der Waals surface area contributed by atoms with Gasteiger partial charge in [-0.25, -0.2) is 0 Å². The fraction of sp³-hybridized carbons (Fsp3) is 0.0667. The van der Waals surface area contributed by atoms with Crippen molar-refractivity contribution >= 4 is 6.08 Å². The fourth-order valence-corrected chi connectivity index (χ4v) is 1.59. The molecule has 0 N–H and O–H groups in total. The predicted molar refractivity (Wildman–Crippen MR) is 67.2 cm³/mol. The maximum atomic E-state index is 5.44. The Morgan fingerprint density at radius 1 is 1.00 bits per heavy atom. The van der Waals surface area contributed by atoms with Crippen LogP contribution in [0.3, 0.4) is 0 Å². The van der Waals surface area contributed by atoms with Gasteiger partial charge in [0, 0.05) is 0 Å². The minimum absolute atomic E-state index is 0.868. The molecule has 1 radical (unpaired) electrons. The van der Waals surface area contributed by atoms with Gasteiger partial charge >= 0.3 is 0 Å². The number of hydrogen-bond donors (Lipinski definition) is 0. The molecule has 0 aliphatic rings. The first kappa shape index (κ1) is 10.5. The molecule has 1 heteroatoms. The second kappa shape index (κ2) is 4.67. The zero-order valence-electron chi connectivity index (χ0n) is 9.18. The minimum atomic E-state index is 0.868. The van der Waals surface area contributed by atoms with Crippen LogP contribution in [0, 0.1) is 6.58 Å². The SMILES string of the molecule is [CH]=Cc1ccc(-c2cccc(OC)c2)cc1. The van der Waals surface area contributed by atoms with E-state index in [1.165, 1.54) is 0 Å². The Morgan fingerprint density at radius 2 is 1.75 bits per heavy atom. The lowest BCUT2D eigenvalue weighted by Crippen LogP contribution is -1.83. The van der Waals surface area contributed by atoms with Gasteiger partial charge in [-0.15, -0.1) is 0 Å². The molecule has 0 saturated heterocycles. The zero-order chi connectivity index (χ0) is 11.4. The van der Waals surface area contributed by atoms with Gasteiger partial charge in [-0.05, 0) is 28.8 Å². The molecule has 0 aliphatic heterocycles. The summed E-state index contributed by atoms with van der Waals surface area (Å²) in [6.45, 7) is 5.44. The number of rotatable bonds is 3. The molecule has 0 atom stereocenters. The van der Waals surface area contributed by atoms with Gasteiger partial charge in [0.15, 0.2) is 0 Å². The third-order valence-corrected chi connectivity index (χ3v) is 2.51. The van der Waals surface area contributed by atoms with Crippen LogP contribution in [0.2, 0.25) is 0 Å². The van der Waals surface area contributed by atoms with Gasteiger partial charge < -0.3 is 4.74 Å². The quantitative estimate of drug-likeness (QED) is 0.747. The molecule has 1 nitrogen and oxygen atoms in total. The van der Waals surface area contributed by atoms with Crippen LogP contribution >= 0.6 is 0 Å². The normalized spacial score (nSPS) is 9.81. The Hall–Kier alpha value is -2.02. The molecule has 0 aliphatic carbocycles. The Balaban J connectivity index is 2.38. The van der Waals surface area contributed by atoms with Crippen LogP contribution in [-0.2, 0) is 0 Å². The summed E-state index contributed by atoms with van der Waals surface area (Å²) in [4.78, 5) is 0. The van der Waals surface area contributed by atoms with Crippen molar-refractivity contribution in [1.82, 2.24) is 0 Å². The topological polar surface area (TPSA) is 9.23 Å². The Labute approximate surface area is 96.0 Å². The van der Waals surface area contributed by atoms with E-state index in [9.17, 15) is 0 Å². The lowest BCUT2D eigenvalue weighted by molar-refractivity contribution is 0.415. The summed E-state index contributed by atoms with van der Waals surface area (Å²) in [5.41, 5.74) is 3.32. The highest BCUT2D eigenvalue weighted by Crippen LogP contribution is 2.24. The number of benzene rings is 2. The lowest BCUT2D eigenvalue weighted by Gasteiger charge is -2.05. The summed E-state index contributed by atoms with van der Waals surface area (Å²) in [6, 6.07) is 16.1. The molecule has 0 aromatic heterocycles. The number of ether oxygens (including phenoxy) is 1. The van der Waals surface area contributed by atoms with Crippen molar-refractivity contribution in [3.05, 3.63) is 60.7 Å². The van der Waals surface area contributed by atoms with Crippen LogP contribution in [0.15, 0.2) is 48.5 Å². The van der Waals surface area contributed by atoms with E-state index in [2.05, 4.69) is 6.07 Å². The molecule has 0 saturated carbocycles. The molecule has 79 valence electrons. The summed E-state index contributed by atoms with van der Waals surface area (Å²) < 4.78 is 5.20. The second-order valence-electron chi connectivity index (χ2n) is 3.52. The molecule has 0 unspecified atom stereocenters. The molecule has 16 heavy (non-hydrogen) atoms. The van der Waals surface area contributed by atoms with Crippen LogP contribution in [0.4, 0.5) is 0 Å². The van der Waals surface area contributed by atoms with Gasteiger partial charge in [-0.1, -0.05) is 49.1 Å². The highest BCUT2D eigenvalue weighted by atomic mass is 16.5. The lowest BCUT2D eigenvalue weighted by atomic mass is 10.0. The van der Waals surface area contributed by atoms with Crippen molar-refractivity contribution in [3.8, 4) is 16.9 Å². The molecule has 2 aromatic rings. The average Bonchev–Trinajstić information content (AvgIpc) is 2.39. The summed E-state index contributed by atoms with van der Waals surface area (Å²) in [5.74, 6) is 0.868. The van der Waals surface area contributed by atoms with Crippen molar-refractivity contribution in [2.45, 2.75) is 0 Å². The van der Waals surface area contributed by atoms with Gasteiger partial charge in [-0.3, -0.25) is 0 Å².